The van der Waals surface area contributed by atoms with Crippen LogP contribution in [0.3, 0.4) is 0 Å². The van der Waals surface area contributed by atoms with E-state index in [9.17, 15) is 19.2 Å². The molecule has 3 amide bonds. The third kappa shape index (κ3) is 16.0. The lowest BCUT2D eigenvalue weighted by Gasteiger charge is -2.35. The topological polar surface area (TPSA) is 220 Å². The Labute approximate surface area is 535 Å². The third-order valence-corrected chi connectivity index (χ3v) is 20.2. The number of piperidine rings is 1. The van der Waals surface area contributed by atoms with Gasteiger partial charge in [0, 0.05) is 72.3 Å². The van der Waals surface area contributed by atoms with Crippen LogP contribution in [0.4, 0.5) is 24.4 Å². The van der Waals surface area contributed by atoms with Crippen molar-refractivity contribution in [3.63, 3.8) is 0 Å². The number of nitrogen functional groups attached to an aromatic ring is 2. The molecule has 3 aromatic carbocycles. The van der Waals surface area contributed by atoms with Crippen LogP contribution in [-0.2, 0) is 44.8 Å². The summed E-state index contributed by atoms with van der Waals surface area (Å²) in [6.45, 7) is 24.4. The third-order valence-electron chi connectivity index (χ3n) is 13.3. The van der Waals surface area contributed by atoms with Crippen molar-refractivity contribution in [1.29, 1.82) is 5.26 Å². The molecule has 3 aliphatic rings. The minimum absolute atomic E-state index is 0.0404. The number of thiazole rings is 3. The minimum atomic E-state index is -0.508. The van der Waals surface area contributed by atoms with Crippen molar-refractivity contribution in [1.82, 2.24) is 29.7 Å². The van der Waals surface area contributed by atoms with Gasteiger partial charge in [0.15, 0.2) is 0 Å². The number of nitriles is 1. The Balaban J connectivity index is 0.000000154. The molecular formula is C60H68Br3N9O7S5. The molecule has 0 spiro atoms. The number of benzene rings is 3. The lowest BCUT2D eigenvalue weighted by molar-refractivity contribution is -0.122. The second-order valence-electron chi connectivity index (χ2n) is 23.5. The number of ketones is 1. The van der Waals surface area contributed by atoms with Crippen LogP contribution in [-0.4, -0.2) is 95.7 Å². The molecule has 0 bridgehead atoms. The zero-order valence-corrected chi connectivity index (χ0v) is 57.7. The number of Topliss-reactive ketones (excluding diaryl/α,β-unsaturated/α-hetero) is 1. The van der Waals surface area contributed by atoms with Crippen LogP contribution in [0.2, 0.25) is 0 Å². The predicted molar refractivity (Wildman–Crippen MR) is 353 cm³/mol. The highest BCUT2D eigenvalue weighted by atomic mass is 79.9. The van der Waals surface area contributed by atoms with Crippen molar-refractivity contribution in [2.45, 2.75) is 157 Å². The molecule has 446 valence electrons. The zero-order valence-electron chi connectivity index (χ0n) is 48.9. The van der Waals surface area contributed by atoms with Gasteiger partial charge < -0.3 is 40.4 Å². The Hall–Kier alpha value is -5.26. The molecule has 3 unspecified atom stereocenters. The van der Waals surface area contributed by atoms with Crippen LogP contribution >= 0.6 is 104 Å². The number of fused-ring (bicyclic) bond motifs is 5. The number of ether oxygens (including phenoxy) is 3. The number of likely N-dealkylation sites (tertiary alicyclic amines) is 1. The van der Waals surface area contributed by atoms with E-state index in [1.807, 2.05) is 119 Å². The van der Waals surface area contributed by atoms with Gasteiger partial charge in [0.2, 0.25) is 0 Å². The van der Waals surface area contributed by atoms with Gasteiger partial charge in [-0.1, -0.05) is 47.8 Å². The summed E-state index contributed by atoms with van der Waals surface area (Å²) in [5.41, 5.74) is 18.8. The summed E-state index contributed by atoms with van der Waals surface area (Å²) in [6, 6.07) is 20.2. The fourth-order valence-corrected chi connectivity index (χ4v) is 16.0. The predicted octanol–water partition coefficient (Wildman–Crippen LogP) is 17.4. The number of thiophene rings is 2. The number of nitrogens with two attached hydrogens (primary N) is 2. The summed E-state index contributed by atoms with van der Waals surface area (Å²) in [6.07, 6.45) is 1.93. The molecule has 0 aliphatic carbocycles. The zero-order chi connectivity index (χ0) is 61.3. The first-order valence-electron chi connectivity index (χ1n) is 27.2. The smallest absolute Gasteiger partial charge is 0.410 e. The number of carbonyl (C=O) groups is 4. The molecule has 1 saturated heterocycles. The van der Waals surface area contributed by atoms with E-state index in [0.717, 1.165) is 103 Å². The number of hydrogen-bond donors (Lipinski definition) is 2. The van der Waals surface area contributed by atoms with Crippen LogP contribution in [0.1, 0.15) is 128 Å². The molecule has 5 aromatic heterocycles. The van der Waals surface area contributed by atoms with Crippen LogP contribution in [0.5, 0.6) is 0 Å². The second kappa shape index (κ2) is 26.4. The summed E-state index contributed by atoms with van der Waals surface area (Å²) >= 11 is 18.4. The molecule has 11 rings (SSSR count). The maximum Gasteiger partial charge on any atom is 0.410 e. The van der Waals surface area contributed by atoms with Gasteiger partial charge in [-0.3, -0.25) is 4.79 Å². The molecule has 24 heteroatoms. The molecule has 8 heterocycles. The van der Waals surface area contributed by atoms with Gasteiger partial charge >= 0.3 is 18.3 Å². The van der Waals surface area contributed by atoms with Crippen molar-refractivity contribution >= 4 is 169 Å². The quantitative estimate of drug-likeness (QED) is 0.157. The Morgan fingerprint density at radius 3 is 1.55 bits per heavy atom. The Bertz CT molecular complexity index is 3780. The molecule has 3 atom stereocenters. The summed E-state index contributed by atoms with van der Waals surface area (Å²) in [7, 11) is 0. The van der Waals surface area contributed by atoms with Gasteiger partial charge in [-0.15, -0.1) is 56.7 Å². The molecule has 0 saturated carbocycles. The minimum Gasteiger partial charge on any atom is -0.444 e. The monoisotopic (exact) mass is 1420 g/mol. The van der Waals surface area contributed by atoms with Gasteiger partial charge in [0.1, 0.15) is 37.6 Å². The van der Waals surface area contributed by atoms with E-state index in [1.54, 1.807) is 71.4 Å². The lowest BCUT2D eigenvalue weighted by Crippen LogP contribution is -2.46. The van der Waals surface area contributed by atoms with Crippen LogP contribution in [0.15, 0.2) is 68.0 Å². The van der Waals surface area contributed by atoms with Gasteiger partial charge in [-0.05, 0) is 162 Å². The fraction of sp³-hybridized carbons (Fsp3) is 0.433. The SMILES string of the molecule is CC1CC(=O)CCN1C(=O)OC(C)(C)C.CC1Cc2c(sc(N)c2-c2nc3cc(Br)ccc3s2)CN1C(=O)OC(C)(C)C.CC1c2sc(N)c(-c3nc4cc(Br)ccc4s3)c2CCN1C(=O)OC(C)(C)C.N#CCc1nc2cc(Br)ccc2s1. The molecule has 0 radical (unpaired) electrons. The van der Waals surface area contributed by atoms with Crippen LogP contribution in [0, 0.1) is 11.3 Å². The molecule has 8 aromatic rings. The Morgan fingerprint density at radius 1 is 0.607 bits per heavy atom. The highest BCUT2D eigenvalue weighted by Gasteiger charge is 2.37. The van der Waals surface area contributed by atoms with Crippen molar-refractivity contribution in [3.8, 4) is 27.2 Å². The summed E-state index contributed by atoms with van der Waals surface area (Å²) in [5, 5.41) is 12.8. The average Bonchev–Trinajstić information content (AvgIpc) is 3.66. The molecule has 4 N–H and O–H groups in total. The fourth-order valence-electron chi connectivity index (χ4n) is 9.56. The number of hydrogen-bond acceptors (Lipinski definition) is 18. The molecule has 1 fully saturated rings. The van der Waals surface area contributed by atoms with Crippen molar-refractivity contribution < 1.29 is 33.4 Å². The van der Waals surface area contributed by atoms with E-state index in [2.05, 4.69) is 77.9 Å². The number of anilines is 2. The van der Waals surface area contributed by atoms with E-state index in [0.29, 0.717) is 38.9 Å². The van der Waals surface area contributed by atoms with Crippen molar-refractivity contribution in [3.05, 3.63) is 93.9 Å². The first kappa shape index (κ1) is 64.7. The number of aromatic nitrogens is 3. The normalized spacial score (nSPS) is 17.0. The highest BCUT2D eigenvalue weighted by molar-refractivity contribution is 9.11. The maximum absolute atomic E-state index is 12.6. The summed E-state index contributed by atoms with van der Waals surface area (Å²) in [5.74, 6) is 0.224. The first-order chi connectivity index (χ1) is 39.3. The summed E-state index contributed by atoms with van der Waals surface area (Å²) in [4.78, 5) is 69.5. The van der Waals surface area contributed by atoms with Crippen molar-refractivity contribution in [2.75, 3.05) is 24.6 Å². The second-order valence-corrected chi connectivity index (χ2v) is 31.7. The van der Waals surface area contributed by atoms with E-state index in [-0.39, 0.29) is 42.2 Å². The summed E-state index contributed by atoms with van der Waals surface area (Å²) < 4.78 is 22.9. The number of amides is 3. The van der Waals surface area contributed by atoms with E-state index < -0.39 is 16.8 Å². The van der Waals surface area contributed by atoms with E-state index >= 15 is 0 Å². The van der Waals surface area contributed by atoms with E-state index in [4.69, 9.17) is 40.9 Å². The maximum atomic E-state index is 12.6. The highest BCUT2D eigenvalue weighted by Crippen LogP contribution is 2.49. The Morgan fingerprint density at radius 2 is 1.05 bits per heavy atom. The number of nitrogens with zero attached hydrogens (tertiary/aromatic N) is 7. The standard InChI is InChI=1S/2C20H22BrN3O2S2.C11H19NO3.C9H5BrN2S/c1-10-7-12-15(9-24(10)19(25)26-20(2,3)4)27-17(22)16(12)18-23-13-8-11(21)5-6-14(13)28-18;1-10-16-12(7-8-24(10)19(25)26-20(2,3)4)15(17(22)28-16)18-23-13-9-11(21)5-6-14(13)27-18;1-8-7-9(13)5-6-12(8)10(14)15-11(2,3)4;10-6-1-2-8-7(5-6)12-9(13-8)3-4-11/h5-6,8,10H,7,9,22H2,1-4H3;5-6,9-10H,7-8,22H2,1-4H3;8H,5-7H2,1-4H3;1-2,5H,3H2. The average molecular weight is 1430 g/mol. The van der Waals surface area contributed by atoms with Gasteiger partial charge in [0.25, 0.3) is 0 Å². The Kier molecular flexibility index (Phi) is 20.3. The van der Waals surface area contributed by atoms with Gasteiger partial charge in [0.05, 0.1) is 65.7 Å². The molecule has 16 nitrogen and oxygen atoms in total. The molecule has 3 aliphatic heterocycles. The molecule has 84 heavy (non-hydrogen) atoms. The molecular weight excluding hydrogens is 1360 g/mol. The first-order valence-corrected chi connectivity index (χ1v) is 33.7. The lowest BCUT2D eigenvalue weighted by atomic mass is 9.98. The van der Waals surface area contributed by atoms with Crippen LogP contribution in [0.25, 0.3) is 51.8 Å². The van der Waals surface area contributed by atoms with Crippen LogP contribution < -0.4 is 11.5 Å². The number of rotatable bonds is 3. The number of carbonyl (C=O) groups excluding carboxylic acids is 4. The van der Waals surface area contributed by atoms with Crippen molar-refractivity contribution in [2.24, 2.45) is 0 Å². The van der Waals surface area contributed by atoms with Gasteiger partial charge in [-0.2, -0.15) is 5.26 Å². The van der Waals surface area contributed by atoms with E-state index in [1.165, 1.54) is 11.1 Å². The van der Waals surface area contributed by atoms with Gasteiger partial charge in [-0.25, -0.2) is 29.3 Å². The number of halogens is 3. The largest absolute Gasteiger partial charge is 0.444 e.